The molecule has 3 rings (SSSR count). The van der Waals surface area contributed by atoms with Crippen molar-refractivity contribution in [1.82, 2.24) is 4.98 Å². The highest BCUT2D eigenvalue weighted by Gasteiger charge is 2.22. The molecule has 1 amide bonds. The lowest BCUT2D eigenvalue weighted by Crippen LogP contribution is -2.24. The van der Waals surface area contributed by atoms with Gasteiger partial charge in [0, 0.05) is 31.4 Å². The fourth-order valence-corrected chi connectivity index (χ4v) is 2.63. The number of carbonyl (C=O) groups excluding carboxylic acids is 1. The minimum atomic E-state index is -0.966. The molecule has 1 aliphatic rings. The van der Waals surface area contributed by atoms with E-state index >= 15 is 0 Å². The molecule has 0 bridgehead atoms. The van der Waals surface area contributed by atoms with Crippen molar-refractivity contribution in [3.63, 3.8) is 0 Å². The second-order valence-corrected chi connectivity index (χ2v) is 5.38. The van der Waals surface area contributed by atoms with E-state index in [0.717, 1.165) is 12.0 Å². The van der Waals surface area contributed by atoms with Crippen LogP contribution >= 0.6 is 0 Å². The summed E-state index contributed by atoms with van der Waals surface area (Å²) in [5.74, 6) is -0.219. The van der Waals surface area contributed by atoms with Gasteiger partial charge in [-0.1, -0.05) is 12.1 Å². The normalized spacial score (nSPS) is 14.1. The van der Waals surface area contributed by atoms with E-state index in [1.807, 2.05) is 12.1 Å². The number of amides is 1. The quantitative estimate of drug-likeness (QED) is 0.886. The molecule has 1 aromatic heterocycles. The lowest BCUT2D eigenvalue weighted by molar-refractivity contribution is -0.117. The van der Waals surface area contributed by atoms with Crippen molar-refractivity contribution in [1.29, 1.82) is 0 Å². The van der Waals surface area contributed by atoms with Crippen molar-refractivity contribution in [2.75, 3.05) is 16.8 Å². The van der Waals surface area contributed by atoms with Gasteiger partial charge in [-0.3, -0.25) is 9.69 Å². The summed E-state index contributed by atoms with van der Waals surface area (Å²) in [4.78, 5) is 28.9. The van der Waals surface area contributed by atoms with Gasteiger partial charge in [-0.05, 0) is 36.2 Å². The van der Waals surface area contributed by atoms with Gasteiger partial charge in [0.05, 0.1) is 5.56 Å². The first-order valence-corrected chi connectivity index (χ1v) is 7.46. The molecule has 23 heavy (non-hydrogen) atoms. The zero-order valence-corrected chi connectivity index (χ0v) is 12.5. The lowest BCUT2D eigenvalue weighted by atomic mass is 10.1. The van der Waals surface area contributed by atoms with E-state index in [0.29, 0.717) is 31.0 Å². The van der Waals surface area contributed by atoms with E-state index in [-0.39, 0.29) is 11.5 Å². The number of hydrogen-bond acceptors (Lipinski definition) is 4. The first kappa shape index (κ1) is 15.0. The molecule has 0 spiro atoms. The molecule has 0 atom stereocenters. The number of para-hydroxylation sites is 1. The number of carboxylic acid groups (broad SMARTS) is 1. The number of rotatable bonds is 5. The Bertz CT molecular complexity index is 745. The second kappa shape index (κ2) is 6.48. The molecule has 1 saturated heterocycles. The summed E-state index contributed by atoms with van der Waals surface area (Å²) < 4.78 is 0. The topological polar surface area (TPSA) is 82.5 Å². The second-order valence-electron chi connectivity index (χ2n) is 5.38. The number of carbonyl (C=O) groups is 2. The summed E-state index contributed by atoms with van der Waals surface area (Å²) in [5.41, 5.74) is 1.74. The predicted octanol–water partition coefficient (Wildman–Crippen LogP) is 2.52. The van der Waals surface area contributed by atoms with Gasteiger partial charge in [-0.2, -0.15) is 0 Å². The molecule has 1 fully saturated rings. The van der Waals surface area contributed by atoms with Gasteiger partial charge in [-0.15, -0.1) is 0 Å². The Morgan fingerprint density at radius 2 is 2.13 bits per heavy atom. The van der Waals surface area contributed by atoms with Gasteiger partial charge in [0.25, 0.3) is 0 Å². The third-order valence-electron chi connectivity index (χ3n) is 3.80. The molecule has 0 unspecified atom stereocenters. The number of pyridine rings is 1. The van der Waals surface area contributed by atoms with E-state index in [4.69, 9.17) is 0 Å². The third kappa shape index (κ3) is 3.31. The number of hydrogen-bond donors (Lipinski definition) is 2. The molecule has 2 heterocycles. The van der Waals surface area contributed by atoms with Crippen molar-refractivity contribution >= 4 is 23.4 Å². The summed E-state index contributed by atoms with van der Waals surface area (Å²) in [6.07, 6.45) is 3.09. The molecule has 118 valence electrons. The van der Waals surface area contributed by atoms with Crippen LogP contribution in [0, 0.1) is 0 Å². The number of aromatic carboxylic acids is 1. The van der Waals surface area contributed by atoms with Gasteiger partial charge < -0.3 is 10.4 Å². The Kier molecular flexibility index (Phi) is 4.23. The van der Waals surface area contributed by atoms with Crippen LogP contribution in [0.2, 0.25) is 0 Å². The smallest absolute Gasteiger partial charge is 0.337 e. The third-order valence-corrected chi connectivity index (χ3v) is 3.80. The average molecular weight is 311 g/mol. The Morgan fingerprint density at radius 3 is 2.87 bits per heavy atom. The van der Waals surface area contributed by atoms with Crippen LogP contribution in [0.25, 0.3) is 0 Å². The van der Waals surface area contributed by atoms with Crippen molar-refractivity contribution in [2.24, 2.45) is 0 Å². The number of nitrogens with zero attached hydrogens (tertiary/aromatic N) is 2. The summed E-state index contributed by atoms with van der Waals surface area (Å²) in [7, 11) is 0. The van der Waals surface area contributed by atoms with Crippen LogP contribution in [0.4, 0.5) is 11.5 Å². The first-order valence-electron chi connectivity index (χ1n) is 7.46. The minimum Gasteiger partial charge on any atom is -0.478 e. The monoisotopic (exact) mass is 311 g/mol. The molecule has 2 N–H and O–H groups in total. The highest BCUT2D eigenvalue weighted by molar-refractivity contribution is 5.95. The molecule has 0 aliphatic carbocycles. The largest absolute Gasteiger partial charge is 0.478 e. The number of anilines is 2. The van der Waals surface area contributed by atoms with Crippen LogP contribution in [-0.4, -0.2) is 28.5 Å². The van der Waals surface area contributed by atoms with Crippen LogP contribution < -0.4 is 10.2 Å². The summed E-state index contributed by atoms with van der Waals surface area (Å²) >= 11 is 0. The molecule has 1 aromatic carbocycles. The van der Waals surface area contributed by atoms with Crippen LogP contribution in [0.1, 0.15) is 28.8 Å². The van der Waals surface area contributed by atoms with Crippen LogP contribution in [-0.2, 0) is 11.3 Å². The summed E-state index contributed by atoms with van der Waals surface area (Å²) in [6.45, 7) is 1.16. The van der Waals surface area contributed by atoms with Crippen molar-refractivity contribution < 1.29 is 14.7 Å². The van der Waals surface area contributed by atoms with Crippen molar-refractivity contribution in [3.05, 3.63) is 53.7 Å². The fourth-order valence-electron chi connectivity index (χ4n) is 2.63. The highest BCUT2D eigenvalue weighted by atomic mass is 16.4. The van der Waals surface area contributed by atoms with Crippen LogP contribution in [0.5, 0.6) is 0 Å². The maximum Gasteiger partial charge on any atom is 0.337 e. The first-order chi connectivity index (χ1) is 11.1. The van der Waals surface area contributed by atoms with E-state index in [2.05, 4.69) is 10.3 Å². The summed E-state index contributed by atoms with van der Waals surface area (Å²) in [6, 6.07) is 10.5. The Morgan fingerprint density at radius 1 is 1.30 bits per heavy atom. The number of nitrogens with one attached hydrogen (secondary N) is 1. The molecule has 1 aliphatic heterocycles. The SMILES string of the molecule is O=C(O)c1ccccc1NCc1ccnc(N2CCCC2=O)c1. The van der Waals surface area contributed by atoms with Gasteiger partial charge in [-0.25, -0.2) is 9.78 Å². The van der Waals surface area contributed by atoms with Gasteiger partial charge in [0.2, 0.25) is 5.91 Å². The molecule has 6 heteroatoms. The Balaban J connectivity index is 1.74. The fraction of sp³-hybridized carbons (Fsp3) is 0.235. The zero-order valence-electron chi connectivity index (χ0n) is 12.5. The molecule has 2 aromatic rings. The summed E-state index contributed by atoms with van der Waals surface area (Å²) in [5, 5.41) is 12.3. The van der Waals surface area contributed by atoms with Crippen molar-refractivity contribution in [3.8, 4) is 0 Å². The molecule has 0 saturated carbocycles. The number of aromatic nitrogens is 1. The maximum absolute atomic E-state index is 11.8. The average Bonchev–Trinajstić information content (AvgIpc) is 2.99. The lowest BCUT2D eigenvalue weighted by Gasteiger charge is -2.15. The van der Waals surface area contributed by atoms with E-state index in [9.17, 15) is 14.7 Å². The standard InChI is InChI=1S/C17H17N3O3/c21-16-6-3-9-20(16)15-10-12(7-8-18-15)11-19-14-5-2-1-4-13(14)17(22)23/h1-2,4-5,7-8,10,19H,3,6,9,11H2,(H,22,23). The van der Waals surface area contributed by atoms with Crippen LogP contribution in [0.15, 0.2) is 42.6 Å². The highest BCUT2D eigenvalue weighted by Crippen LogP contribution is 2.21. The zero-order chi connectivity index (χ0) is 16.2. The molecule has 6 nitrogen and oxygen atoms in total. The van der Waals surface area contributed by atoms with Crippen molar-refractivity contribution in [2.45, 2.75) is 19.4 Å². The molecule has 0 radical (unpaired) electrons. The predicted molar refractivity (Wildman–Crippen MR) is 86.6 cm³/mol. The minimum absolute atomic E-state index is 0.0961. The Hall–Kier alpha value is -2.89. The molecular weight excluding hydrogens is 294 g/mol. The number of carboxylic acids is 1. The number of benzene rings is 1. The maximum atomic E-state index is 11.8. The van der Waals surface area contributed by atoms with E-state index in [1.165, 1.54) is 0 Å². The molecular formula is C17H17N3O3. The van der Waals surface area contributed by atoms with E-state index < -0.39 is 5.97 Å². The Labute approximate surface area is 133 Å². The van der Waals surface area contributed by atoms with Crippen LogP contribution in [0.3, 0.4) is 0 Å². The van der Waals surface area contributed by atoms with Gasteiger partial charge >= 0.3 is 5.97 Å². The van der Waals surface area contributed by atoms with Gasteiger partial charge in [0.15, 0.2) is 0 Å². The van der Waals surface area contributed by atoms with Gasteiger partial charge in [0.1, 0.15) is 5.82 Å². The van der Waals surface area contributed by atoms with E-state index in [1.54, 1.807) is 35.4 Å².